The third-order valence-corrected chi connectivity index (χ3v) is 6.81. The highest BCUT2D eigenvalue weighted by Crippen LogP contribution is 2.38. The van der Waals surface area contributed by atoms with Crippen LogP contribution >= 0.6 is 0 Å². The molecule has 4 rings (SSSR count). The molecule has 0 radical (unpaired) electrons. The zero-order chi connectivity index (χ0) is 24.0. The van der Waals surface area contributed by atoms with Gasteiger partial charge in [-0.2, -0.15) is 0 Å². The summed E-state index contributed by atoms with van der Waals surface area (Å²) in [5.41, 5.74) is 2.94. The number of ether oxygens (including phenoxy) is 1. The van der Waals surface area contributed by atoms with Gasteiger partial charge in [-0.15, -0.1) is 0 Å². The Hall–Kier alpha value is -3.60. The zero-order valence-corrected chi connectivity index (χ0v) is 19.9. The summed E-state index contributed by atoms with van der Waals surface area (Å²) in [5.74, 6) is 0.583. The van der Waals surface area contributed by atoms with Gasteiger partial charge in [0.05, 0.1) is 13.5 Å². The number of amides is 2. The lowest BCUT2D eigenvalue weighted by molar-refractivity contribution is -0.145. The van der Waals surface area contributed by atoms with Crippen molar-refractivity contribution < 1.29 is 14.3 Å². The lowest BCUT2D eigenvalue weighted by Crippen LogP contribution is -2.57. The van der Waals surface area contributed by atoms with E-state index in [1.807, 2.05) is 90.7 Å². The minimum atomic E-state index is -0.881. The SMILES string of the molecule is COc1ccc(NC(=O)C2(N(Cc3ccccc3C)C(=O)Cc3ccccc3)CCCC2)cc1. The molecule has 3 aromatic rings. The molecule has 0 heterocycles. The minimum Gasteiger partial charge on any atom is -0.497 e. The first kappa shape index (κ1) is 23.6. The van der Waals surface area contributed by atoms with Crippen molar-refractivity contribution in [3.63, 3.8) is 0 Å². The van der Waals surface area contributed by atoms with Crippen LogP contribution in [0.4, 0.5) is 5.69 Å². The summed E-state index contributed by atoms with van der Waals surface area (Å²) in [6, 6.07) is 25.1. The normalized spacial score (nSPS) is 14.4. The van der Waals surface area contributed by atoms with Gasteiger partial charge in [0.2, 0.25) is 11.8 Å². The second-order valence-corrected chi connectivity index (χ2v) is 8.99. The number of hydrogen-bond donors (Lipinski definition) is 1. The van der Waals surface area contributed by atoms with Crippen molar-refractivity contribution in [1.29, 1.82) is 0 Å². The zero-order valence-electron chi connectivity index (χ0n) is 19.9. The van der Waals surface area contributed by atoms with E-state index in [-0.39, 0.29) is 18.2 Å². The smallest absolute Gasteiger partial charge is 0.250 e. The maximum Gasteiger partial charge on any atom is 0.250 e. The van der Waals surface area contributed by atoms with Gasteiger partial charge >= 0.3 is 0 Å². The minimum absolute atomic E-state index is 0.0266. The Morgan fingerprint density at radius 1 is 0.912 bits per heavy atom. The van der Waals surface area contributed by atoms with Crippen LogP contribution in [0.3, 0.4) is 0 Å². The molecule has 5 nitrogen and oxygen atoms in total. The summed E-state index contributed by atoms with van der Waals surface area (Å²) in [5, 5.41) is 3.09. The number of carbonyl (C=O) groups is 2. The third-order valence-electron chi connectivity index (χ3n) is 6.81. The molecule has 0 spiro atoms. The van der Waals surface area contributed by atoms with Gasteiger partial charge in [-0.05, 0) is 60.7 Å². The van der Waals surface area contributed by atoms with Crippen LogP contribution in [0.15, 0.2) is 78.9 Å². The number of rotatable bonds is 8. The van der Waals surface area contributed by atoms with E-state index in [4.69, 9.17) is 4.74 Å². The molecule has 34 heavy (non-hydrogen) atoms. The van der Waals surface area contributed by atoms with Crippen LogP contribution in [0.2, 0.25) is 0 Å². The standard InChI is InChI=1S/C29H32N2O3/c1-22-10-6-7-13-24(22)21-31(27(32)20-23-11-4-3-5-12-23)29(18-8-9-19-29)28(33)30-25-14-16-26(34-2)17-15-25/h3-7,10-17H,8-9,18-21H2,1-2H3,(H,30,33). The predicted molar refractivity (Wildman–Crippen MR) is 135 cm³/mol. The highest BCUT2D eigenvalue weighted by molar-refractivity contribution is 6.01. The summed E-state index contributed by atoms with van der Waals surface area (Å²) < 4.78 is 5.23. The van der Waals surface area contributed by atoms with Gasteiger partial charge < -0.3 is 15.0 Å². The van der Waals surface area contributed by atoms with Crippen molar-refractivity contribution in [2.75, 3.05) is 12.4 Å². The monoisotopic (exact) mass is 456 g/mol. The molecular weight excluding hydrogens is 424 g/mol. The number of carbonyl (C=O) groups excluding carboxylic acids is 2. The maximum atomic E-state index is 13.8. The molecule has 176 valence electrons. The van der Waals surface area contributed by atoms with E-state index < -0.39 is 5.54 Å². The Bertz CT molecular complexity index is 1120. The summed E-state index contributed by atoms with van der Waals surface area (Å²) in [7, 11) is 1.61. The van der Waals surface area contributed by atoms with Crippen LogP contribution < -0.4 is 10.1 Å². The molecule has 3 aromatic carbocycles. The largest absolute Gasteiger partial charge is 0.497 e. The van der Waals surface area contributed by atoms with Crippen LogP contribution in [-0.4, -0.2) is 29.4 Å². The number of nitrogens with one attached hydrogen (secondary N) is 1. The average Bonchev–Trinajstić information content (AvgIpc) is 3.35. The molecule has 0 saturated heterocycles. The fourth-order valence-electron chi connectivity index (χ4n) is 4.80. The van der Waals surface area contributed by atoms with Crippen molar-refractivity contribution >= 4 is 17.5 Å². The number of hydrogen-bond acceptors (Lipinski definition) is 3. The molecule has 0 aromatic heterocycles. The maximum absolute atomic E-state index is 13.8. The number of methoxy groups -OCH3 is 1. The van der Waals surface area contributed by atoms with Gasteiger partial charge in [0.1, 0.15) is 11.3 Å². The van der Waals surface area contributed by atoms with Crippen molar-refractivity contribution in [3.8, 4) is 5.75 Å². The van der Waals surface area contributed by atoms with Gasteiger partial charge in [-0.25, -0.2) is 0 Å². The van der Waals surface area contributed by atoms with Crippen LogP contribution in [-0.2, 0) is 22.6 Å². The highest BCUT2D eigenvalue weighted by Gasteiger charge is 2.48. The van der Waals surface area contributed by atoms with Crippen molar-refractivity contribution in [1.82, 2.24) is 4.90 Å². The van der Waals surface area contributed by atoms with Gasteiger partial charge in [0, 0.05) is 12.2 Å². The Kier molecular flexibility index (Phi) is 7.31. The fraction of sp³-hybridized carbons (Fsp3) is 0.310. The topological polar surface area (TPSA) is 58.6 Å². The molecule has 1 N–H and O–H groups in total. The number of anilines is 1. The van der Waals surface area contributed by atoms with E-state index in [1.54, 1.807) is 7.11 Å². The lowest BCUT2D eigenvalue weighted by atomic mass is 9.91. The molecule has 2 amide bonds. The van der Waals surface area contributed by atoms with E-state index in [0.717, 1.165) is 35.3 Å². The van der Waals surface area contributed by atoms with Gasteiger partial charge in [0.25, 0.3) is 0 Å². The van der Waals surface area contributed by atoms with Crippen molar-refractivity contribution in [3.05, 3.63) is 95.6 Å². The van der Waals surface area contributed by atoms with Gasteiger partial charge in [-0.3, -0.25) is 9.59 Å². The molecular formula is C29H32N2O3. The Labute approximate surface area is 201 Å². The summed E-state index contributed by atoms with van der Waals surface area (Å²) in [6.07, 6.45) is 3.41. The molecule has 1 saturated carbocycles. The van der Waals surface area contributed by atoms with Crippen LogP contribution in [0, 0.1) is 6.92 Å². The van der Waals surface area contributed by atoms with Crippen molar-refractivity contribution in [2.24, 2.45) is 0 Å². The molecule has 0 unspecified atom stereocenters. The second kappa shape index (κ2) is 10.6. The van der Waals surface area contributed by atoms with Crippen LogP contribution in [0.1, 0.15) is 42.4 Å². The second-order valence-electron chi connectivity index (χ2n) is 8.99. The van der Waals surface area contributed by atoms with E-state index in [9.17, 15) is 9.59 Å². The molecule has 1 aliphatic rings. The first-order valence-electron chi connectivity index (χ1n) is 11.9. The predicted octanol–water partition coefficient (Wildman–Crippen LogP) is 5.53. The molecule has 0 bridgehead atoms. The first-order valence-corrected chi connectivity index (χ1v) is 11.9. The van der Waals surface area contributed by atoms with E-state index in [2.05, 4.69) is 5.32 Å². The third kappa shape index (κ3) is 5.14. The lowest BCUT2D eigenvalue weighted by Gasteiger charge is -2.40. The first-order chi connectivity index (χ1) is 16.5. The van der Waals surface area contributed by atoms with Gasteiger partial charge in [0.15, 0.2) is 0 Å². The molecule has 0 atom stereocenters. The summed E-state index contributed by atoms with van der Waals surface area (Å²) in [6.45, 7) is 2.46. The number of aryl methyl sites for hydroxylation is 1. The van der Waals surface area contributed by atoms with Gasteiger partial charge in [-0.1, -0.05) is 67.4 Å². The Balaban J connectivity index is 1.67. The Morgan fingerprint density at radius 3 is 2.21 bits per heavy atom. The average molecular weight is 457 g/mol. The fourth-order valence-corrected chi connectivity index (χ4v) is 4.80. The Morgan fingerprint density at radius 2 is 1.56 bits per heavy atom. The molecule has 0 aliphatic heterocycles. The summed E-state index contributed by atoms with van der Waals surface area (Å²) >= 11 is 0. The van der Waals surface area contributed by atoms with Crippen LogP contribution in [0.25, 0.3) is 0 Å². The van der Waals surface area contributed by atoms with Crippen molar-refractivity contribution in [2.45, 2.75) is 51.1 Å². The number of nitrogens with zero attached hydrogens (tertiary/aromatic N) is 1. The van der Waals surface area contributed by atoms with Crippen LogP contribution in [0.5, 0.6) is 5.75 Å². The highest BCUT2D eigenvalue weighted by atomic mass is 16.5. The summed E-state index contributed by atoms with van der Waals surface area (Å²) in [4.78, 5) is 29.5. The number of benzene rings is 3. The van der Waals surface area contributed by atoms with E-state index in [1.165, 1.54) is 0 Å². The molecule has 5 heteroatoms. The molecule has 1 fully saturated rings. The molecule has 1 aliphatic carbocycles. The van der Waals surface area contributed by atoms with E-state index >= 15 is 0 Å². The quantitative estimate of drug-likeness (QED) is 0.485. The van der Waals surface area contributed by atoms with E-state index in [0.29, 0.717) is 25.1 Å².